The lowest BCUT2D eigenvalue weighted by Gasteiger charge is -2.14. The van der Waals surface area contributed by atoms with E-state index in [0.717, 1.165) is 0 Å². The number of nitrogen functional groups attached to an aromatic ring is 2. The van der Waals surface area contributed by atoms with Gasteiger partial charge in [-0.25, -0.2) is 9.97 Å². The highest BCUT2D eigenvalue weighted by Gasteiger charge is 2.20. The van der Waals surface area contributed by atoms with Crippen LogP contribution in [0.5, 0.6) is 0 Å². The van der Waals surface area contributed by atoms with Crippen molar-refractivity contribution >= 4 is 46.6 Å². The number of nitrogens with two attached hydrogens (primary N) is 2. The molecule has 6 nitrogen and oxygen atoms in total. The molecule has 2 rings (SSSR count). The van der Waals surface area contributed by atoms with Gasteiger partial charge in [0.25, 0.3) is 0 Å². The van der Waals surface area contributed by atoms with Gasteiger partial charge in [-0.15, -0.1) is 0 Å². The number of thioether (sulfide) groups is 1. The van der Waals surface area contributed by atoms with Gasteiger partial charge in [0.05, 0.1) is 5.25 Å². The number of nitrogens with zero attached hydrogens (tertiary/aromatic N) is 2. The van der Waals surface area contributed by atoms with Gasteiger partial charge in [-0.2, -0.15) is 0 Å². The number of anilines is 3. The topological polar surface area (TPSA) is 107 Å². The zero-order valence-corrected chi connectivity index (χ0v) is 13.5. The summed E-state index contributed by atoms with van der Waals surface area (Å²) >= 11 is 7.05. The Hall–Kier alpha value is -1.99. The minimum atomic E-state index is -0.350. The predicted octanol–water partition coefficient (Wildman–Crippen LogP) is 2.80. The van der Waals surface area contributed by atoms with Crippen molar-refractivity contribution in [2.75, 3.05) is 16.8 Å². The first-order valence-electron chi connectivity index (χ1n) is 6.61. The van der Waals surface area contributed by atoms with E-state index in [1.165, 1.54) is 17.8 Å². The fraction of sp³-hybridized carbons (Fsp3) is 0.214. The quantitative estimate of drug-likeness (QED) is 0.572. The van der Waals surface area contributed by atoms with Gasteiger partial charge in [-0.3, -0.25) is 4.79 Å². The average Bonchev–Trinajstić information content (AvgIpc) is 2.46. The second-order valence-corrected chi connectivity index (χ2v) is 6.12. The van der Waals surface area contributed by atoms with Crippen LogP contribution in [0.25, 0.3) is 0 Å². The van der Waals surface area contributed by atoms with Crippen LogP contribution in [-0.2, 0) is 4.79 Å². The van der Waals surface area contributed by atoms with Crippen LogP contribution in [-0.4, -0.2) is 21.1 Å². The van der Waals surface area contributed by atoms with Crippen molar-refractivity contribution in [3.8, 4) is 0 Å². The van der Waals surface area contributed by atoms with Crippen LogP contribution in [0, 0.1) is 0 Å². The molecule has 0 saturated carbocycles. The van der Waals surface area contributed by atoms with E-state index in [0.29, 0.717) is 22.3 Å². The Kier molecular flexibility index (Phi) is 5.46. The molecule has 0 bridgehead atoms. The lowest BCUT2D eigenvalue weighted by molar-refractivity contribution is -0.115. The first-order valence-corrected chi connectivity index (χ1v) is 7.87. The fourth-order valence-corrected chi connectivity index (χ4v) is 2.75. The second kappa shape index (κ2) is 7.33. The Morgan fingerprint density at radius 3 is 2.41 bits per heavy atom. The van der Waals surface area contributed by atoms with Gasteiger partial charge in [0.15, 0.2) is 5.16 Å². The van der Waals surface area contributed by atoms with E-state index in [-0.39, 0.29) is 22.8 Å². The monoisotopic (exact) mass is 337 g/mol. The van der Waals surface area contributed by atoms with Gasteiger partial charge in [0, 0.05) is 16.8 Å². The van der Waals surface area contributed by atoms with Gasteiger partial charge in [-0.05, 0) is 30.7 Å². The molecule has 0 saturated heterocycles. The number of hydrogen-bond acceptors (Lipinski definition) is 6. The molecule has 5 N–H and O–H groups in total. The summed E-state index contributed by atoms with van der Waals surface area (Å²) in [7, 11) is 0. The molecule has 0 radical (unpaired) electrons. The molecule has 0 fully saturated rings. The number of carbonyl (C=O) groups is 1. The molecule has 116 valence electrons. The second-order valence-electron chi connectivity index (χ2n) is 4.51. The molecule has 2 aromatic rings. The summed E-state index contributed by atoms with van der Waals surface area (Å²) in [4.78, 5) is 20.5. The van der Waals surface area contributed by atoms with Gasteiger partial charge < -0.3 is 16.8 Å². The molecular weight excluding hydrogens is 322 g/mol. The molecule has 0 aliphatic rings. The SMILES string of the molecule is CCC(Sc1nc(N)cc(N)n1)C(=O)Nc1ccc(Cl)cc1. The number of halogens is 1. The van der Waals surface area contributed by atoms with E-state index in [1.54, 1.807) is 24.3 Å². The molecule has 0 spiro atoms. The first kappa shape index (κ1) is 16.4. The van der Waals surface area contributed by atoms with Crippen LogP contribution in [0.2, 0.25) is 5.02 Å². The Labute approximate surface area is 137 Å². The summed E-state index contributed by atoms with van der Waals surface area (Å²) in [6.45, 7) is 1.91. The Balaban J connectivity index is 2.06. The van der Waals surface area contributed by atoms with Crippen LogP contribution < -0.4 is 16.8 Å². The van der Waals surface area contributed by atoms with Crippen molar-refractivity contribution in [1.29, 1.82) is 0 Å². The van der Waals surface area contributed by atoms with Gasteiger partial charge in [-0.1, -0.05) is 30.3 Å². The highest BCUT2D eigenvalue weighted by molar-refractivity contribution is 8.00. The predicted molar refractivity (Wildman–Crippen MR) is 90.9 cm³/mol. The van der Waals surface area contributed by atoms with Crippen LogP contribution in [0.1, 0.15) is 13.3 Å². The van der Waals surface area contributed by atoms with E-state index >= 15 is 0 Å². The molecular formula is C14H16ClN5OS. The molecule has 1 atom stereocenters. The van der Waals surface area contributed by atoms with Crippen molar-refractivity contribution in [1.82, 2.24) is 9.97 Å². The zero-order valence-electron chi connectivity index (χ0n) is 11.9. The van der Waals surface area contributed by atoms with Crippen molar-refractivity contribution in [2.24, 2.45) is 0 Å². The number of rotatable bonds is 5. The molecule has 22 heavy (non-hydrogen) atoms. The molecule has 1 unspecified atom stereocenters. The summed E-state index contributed by atoms with van der Waals surface area (Å²) in [5.74, 6) is 0.422. The summed E-state index contributed by atoms with van der Waals surface area (Å²) in [6.07, 6.45) is 0.613. The first-order chi connectivity index (χ1) is 10.5. The number of amides is 1. The number of carbonyl (C=O) groups excluding carboxylic acids is 1. The van der Waals surface area contributed by atoms with Crippen molar-refractivity contribution < 1.29 is 4.79 Å². The maximum absolute atomic E-state index is 12.3. The van der Waals surface area contributed by atoms with Crippen LogP contribution in [0.4, 0.5) is 17.3 Å². The third kappa shape index (κ3) is 4.51. The maximum Gasteiger partial charge on any atom is 0.237 e. The van der Waals surface area contributed by atoms with E-state index in [4.69, 9.17) is 23.1 Å². The lowest BCUT2D eigenvalue weighted by Crippen LogP contribution is -2.24. The number of aromatic nitrogens is 2. The highest BCUT2D eigenvalue weighted by atomic mass is 35.5. The summed E-state index contributed by atoms with van der Waals surface area (Å²) < 4.78 is 0. The molecule has 1 heterocycles. The maximum atomic E-state index is 12.3. The van der Waals surface area contributed by atoms with Crippen molar-refractivity contribution in [3.05, 3.63) is 35.4 Å². The van der Waals surface area contributed by atoms with Crippen LogP contribution >= 0.6 is 23.4 Å². The highest BCUT2D eigenvalue weighted by Crippen LogP contribution is 2.25. The summed E-state index contributed by atoms with van der Waals surface area (Å²) in [5, 5.41) is 3.48. The Morgan fingerprint density at radius 2 is 1.86 bits per heavy atom. The van der Waals surface area contributed by atoms with Gasteiger partial charge in [0.2, 0.25) is 5.91 Å². The molecule has 0 aliphatic carbocycles. The Bertz CT molecular complexity index is 645. The number of hydrogen-bond donors (Lipinski definition) is 3. The van der Waals surface area contributed by atoms with Crippen molar-refractivity contribution in [3.63, 3.8) is 0 Å². The number of benzene rings is 1. The smallest absolute Gasteiger partial charge is 0.237 e. The summed E-state index contributed by atoms with van der Waals surface area (Å²) in [6, 6.07) is 8.39. The normalized spacial score (nSPS) is 11.9. The minimum absolute atomic E-state index is 0.139. The van der Waals surface area contributed by atoms with Gasteiger partial charge >= 0.3 is 0 Å². The Morgan fingerprint density at radius 1 is 1.27 bits per heavy atom. The molecule has 1 aromatic carbocycles. The summed E-state index contributed by atoms with van der Waals surface area (Å²) in [5.41, 5.74) is 11.9. The third-order valence-corrected chi connectivity index (χ3v) is 4.25. The van der Waals surface area contributed by atoms with Crippen LogP contribution in [0.15, 0.2) is 35.5 Å². The minimum Gasteiger partial charge on any atom is -0.383 e. The lowest BCUT2D eigenvalue weighted by atomic mass is 10.3. The largest absolute Gasteiger partial charge is 0.383 e. The molecule has 8 heteroatoms. The van der Waals surface area contributed by atoms with Crippen molar-refractivity contribution in [2.45, 2.75) is 23.8 Å². The van der Waals surface area contributed by atoms with Gasteiger partial charge in [0.1, 0.15) is 11.6 Å². The van der Waals surface area contributed by atoms with Crippen LogP contribution in [0.3, 0.4) is 0 Å². The van der Waals surface area contributed by atoms with E-state index in [1.807, 2.05) is 6.92 Å². The zero-order chi connectivity index (χ0) is 16.1. The van der Waals surface area contributed by atoms with E-state index in [9.17, 15) is 4.79 Å². The molecule has 1 amide bonds. The third-order valence-electron chi connectivity index (χ3n) is 2.77. The average molecular weight is 338 g/mol. The van der Waals surface area contributed by atoms with E-state index < -0.39 is 0 Å². The molecule has 1 aromatic heterocycles. The standard InChI is InChI=1S/C14H16ClN5OS/c1-2-10(22-14-19-11(16)7-12(17)20-14)13(21)18-9-5-3-8(15)4-6-9/h3-7,10H,2H2,1H3,(H,18,21)(H4,16,17,19,20). The number of nitrogens with one attached hydrogen (secondary N) is 1. The fourth-order valence-electron chi connectivity index (χ4n) is 1.72. The molecule has 0 aliphatic heterocycles. The van der Waals surface area contributed by atoms with E-state index in [2.05, 4.69) is 15.3 Å².